The molecular formula is C22H22ClN3O4S. The first-order valence-corrected chi connectivity index (χ1v) is 11.3. The molecule has 1 amide bonds. The molecule has 0 saturated heterocycles. The number of carbonyl (C=O) groups excluding carboxylic acids is 1. The Labute approximate surface area is 188 Å². The second kappa shape index (κ2) is 9.20. The van der Waals surface area contributed by atoms with Gasteiger partial charge in [0.1, 0.15) is 0 Å². The van der Waals surface area contributed by atoms with Crippen LogP contribution in [-0.4, -0.2) is 28.0 Å². The van der Waals surface area contributed by atoms with Crippen molar-refractivity contribution in [3.05, 3.63) is 51.8 Å². The summed E-state index contributed by atoms with van der Waals surface area (Å²) in [6.07, 6.45) is 0.831. The Morgan fingerprint density at radius 2 is 2.03 bits per heavy atom. The number of hydrogen-bond donors (Lipinski definition) is 1. The third kappa shape index (κ3) is 4.97. The van der Waals surface area contributed by atoms with E-state index in [1.165, 1.54) is 11.8 Å². The Kier molecular flexibility index (Phi) is 6.38. The van der Waals surface area contributed by atoms with E-state index in [1.807, 2.05) is 0 Å². The summed E-state index contributed by atoms with van der Waals surface area (Å²) in [5.74, 6) is 1.58. The lowest BCUT2D eigenvalue weighted by atomic mass is 10.1. The smallest absolute Gasteiger partial charge is 0.262 e. The number of fused-ring (bicyclic) bond motifs is 2. The molecule has 3 aromatic rings. The molecule has 0 atom stereocenters. The van der Waals surface area contributed by atoms with Crippen molar-refractivity contribution in [3.8, 4) is 11.5 Å². The highest BCUT2D eigenvalue weighted by atomic mass is 35.5. The lowest BCUT2D eigenvalue weighted by Gasteiger charge is -2.14. The number of nitrogens with zero attached hydrogens (tertiary/aromatic N) is 2. The van der Waals surface area contributed by atoms with Gasteiger partial charge in [-0.15, -0.1) is 0 Å². The van der Waals surface area contributed by atoms with E-state index in [9.17, 15) is 9.59 Å². The number of nitrogens with one attached hydrogen (secondary N) is 1. The first-order chi connectivity index (χ1) is 14.9. The Bertz CT molecular complexity index is 1200. The maximum atomic E-state index is 13.1. The van der Waals surface area contributed by atoms with Gasteiger partial charge in [0.2, 0.25) is 12.7 Å². The van der Waals surface area contributed by atoms with Crippen LogP contribution >= 0.6 is 23.4 Å². The van der Waals surface area contributed by atoms with Gasteiger partial charge < -0.3 is 14.8 Å². The lowest BCUT2D eigenvalue weighted by molar-refractivity contribution is -0.113. The van der Waals surface area contributed by atoms with Crippen LogP contribution in [0.4, 0.5) is 5.69 Å². The molecule has 0 fully saturated rings. The van der Waals surface area contributed by atoms with Gasteiger partial charge >= 0.3 is 0 Å². The summed E-state index contributed by atoms with van der Waals surface area (Å²) >= 11 is 7.31. The van der Waals surface area contributed by atoms with Crippen molar-refractivity contribution < 1.29 is 14.3 Å². The summed E-state index contributed by atoms with van der Waals surface area (Å²) in [4.78, 5) is 30.2. The quantitative estimate of drug-likeness (QED) is 0.412. The van der Waals surface area contributed by atoms with Crippen molar-refractivity contribution in [2.45, 2.75) is 32.0 Å². The number of hydrogen-bond acceptors (Lipinski definition) is 6. The highest BCUT2D eigenvalue weighted by molar-refractivity contribution is 7.99. The minimum absolute atomic E-state index is 0.106. The van der Waals surface area contributed by atoms with E-state index in [0.29, 0.717) is 50.7 Å². The van der Waals surface area contributed by atoms with E-state index >= 15 is 0 Å². The van der Waals surface area contributed by atoms with E-state index in [1.54, 1.807) is 41.0 Å². The van der Waals surface area contributed by atoms with Crippen LogP contribution in [-0.2, 0) is 11.3 Å². The van der Waals surface area contributed by atoms with Crippen LogP contribution in [0.5, 0.6) is 11.5 Å². The first-order valence-electron chi connectivity index (χ1n) is 9.93. The zero-order valence-electron chi connectivity index (χ0n) is 17.2. The molecule has 0 radical (unpaired) electrons. The summed E-state index contributed by atoms with van der Waals surface area (Å²) in [6, 6.07) is 10.3. The number of amides is 1. The van der Waals surface area contributed by atoms with Gasteiger partial charge in [0.15, 0.2) is 16.7 Å². The summed E-state index contributed by atoms with van der Waals surface area (Å²) < 4.78 is 12.3. The third-order valence-electron chi connectivity index (χ3n) is 4.80. The standard InChI is InChI=1S/C22H22ClN3O4S/c1-13(2)7-8-26-21(28)16-5-3-14(23)9-17(16)25-22(26)31-11-20(27)24-15-4-6-18-19(10-15)30-12-29-18/h3-6,9-10,13H,7-8,11-12H2,1-2H3,(H,24,27). The van der Waals surface area contributed by atoms with Gasteiger partial charge in [-0.3, -0.25) is 14.2 Å². The van der Waals surface area contributed by atoms with Crippen LogP contribution in [0.15, 0.2) is 46.3 Å². The Balaban J connectivity index is 1.54. The largest absolute Gasteiger partial charge is 0.454 e. The van der Waals surface area contributed by atoms with Crippen LogP contribution in [0.1, 0.15) is 20.3 Å². The van der Waals surface area contributed by atoms with Crippen molar-refractivity contribution in [2.75, 3.05) is 17.9 Å². The number of rotatable bonds is 7. The van der Waals surface area contributed by atoms with Crippen LogP contribution in [0.25, 0.3) is 10.9 Å². The molecule has 2 heterocycles. The molecule has 0 unspecified atom stereocenters. The summed E-state index contributed by atoms with van der Waals surface area (Å²) in [7, 11) is 0. The van der Waals surface area contributed by atoms with Crippen LogP contribution in [0.2, 0.25) is 5.02 Å². The molecule has 1 aliphatic heterocycles. The highest BCUT2D eigenvalue weighted by Gasteiger charge is 2.16. The van der Waals surface area contributed by atoms with E-state index in [4.69, 9.17) is 21.1 Å². The average molecular weight is 460 g/mol. The average Bonchev–Trinajstić information content (AvgIpc) is 3.19. The molecule has 0 spiro atoms. The predicted octanol–water partition coefficient (Wildman–Crippen LogP) is 4.56. The molecule has 162 valence electrons. The maximum Gasteiger partial charge on any atom is 0.262 e. The SMILES string of the molecule is CC(C)CCn1c(SCC(=O)Nc2ccc3c(c2)OCO3)nc2cc(Cl)ccc2c1=O. The fourth-order valence-electron chi connectivity index (χ4n) is 3.17. The number of carbonyl (C=O) groups is 1. The topological polar surface area (TPSA) is 82.5 Å². The monoisotopic (exact) mass is 459 g/mol. The van der Waals surface area contributed by atoms with E-state index in [0.717, 1.165) is 6.42 Å². The van der Waals surface area contributed by atoms with Gasteiger partial charge in [0.25, 0.3) is 5.56 Å². The number of aromatic nitrogens is 2. The fraction of sp³-hybridized carbons (Fsp3) is 0.318. The van der Waals surface area contributed by atoms with Gasteiger partial charge in [-0.25, -0.2) is 4.98 Å². The van der Waals surface area contributed by atoms with Gasteiger partial charge in [0, 0.05) is 23.3 Å². The zero-order chi connectivity index (χ0) is 22.0. The molecule has 0 saturated carbocycles. The number of thioether (sulfide) groups is 1. The second-order valence-corrected chi connectivity index (χ2v) is 8.98. The highest BCUT2D eigenvalue weighted by Crippen LogP contribution is 2.34. The Hall–Kier alpha value is -2.71. The minimum Gasteiger partial charge on any atom is -0.454 e. The summed E-state index contributed by atoms with van der Waals surface area (Å²) in [5, 5.41) is 4.37. The van der Waals surface area contributed by atoms with Gasteiger partial charge in [-0.1, -0.05) is 37.2 Å². The number of halogens is 1. The predicted molar refractivity (Wildman–Crippen MR) is 122 cm³/mol. The van der Waals surface area contributed by atoms with Gasteiger partial charge in [-0.05, 0) is 42.7 Å². The van der Waals surface area contributed by atoms with E-state index in [-0.39, 0.29) is 24.0 Å². The van der Waals surface area contributed by atoms with E-state index in [2.05, 4.69) is 24.1 Å². The lowest BCUT2D eigenvalue weighted by Crippen LogP contribution is -2.25. The molecular weight excluding hydrogens is 438 g/mol. The van der Waals surface area contributed by atoms with Crippen molar-refractivity contribution in [2.24, 2.45) is 5.92 Å². The molecule has 7 nitrogen and oxygen atoms in total. The van der Waals surface area contributed by atoms with Crippen molar-refractivity contribution in [3.63, 3.8) is 0 Å². The van der Waals surface area contributed by atoms with Gasteiger partial charge in [0.05, 0.1) is 16.7 Å². The summed E-state index contributed by atoms with van der Waals surface area (Å²) in [5.41, 5.74) is 1.02. The van der Waals surface area contributed by atoms with Gasteiger partial charge in [-0.2, -0.15) is 0 Å². The Morgan fingerprint density at radius 1 is 1.23 bits per heavy atom. The number of anilines is 1. The minimum atomic E-state index is -0.209. The number of ether oxygens (including phenoxy) is 2. The van der Waals surface area contributed by atoms with Crippen LogP contribution < -0.4 is 20.3 Å². The zero-order valence-corrected chi connectivity index (χ0v) is 18.8. The molecule has 31 heavy (non-hydrogen) atoms. The van der Waals surface area contributed by atoms with Crippen molar-refractivity contribution in [1.29, 1.82) is 0 Å². The molecule has 1 aromatic heterocycles. The normalized spacial score (nSPS) is 12.5. The van der Waals surface area contributed by atoms with Crippen molar-refractivity contribution in [1.82, 2.24) is 9.55 Å². The van der Waals surface area contributed by atoms with Crippen LogP contribution in [0, 0.1) is 5.92 Å². The van der Waals surface area contributed by atoms with Crippen LogP contribution in [0.3, 0.4) is 0 Å². The maximum absolute atomic E-state index is 13.1. The van der Waals surface area contributed by atoms with Crippen molar-refractivity contribution >= 4 is 45.9 Å². The second-order valence-electron chi connectivity index (χ2n) is 7.60. The third-order valence-corrected chi connectivity index (χ3v) is 6.01. The molecule has 9 heteroatoms. The Morgan fingerprint density at radius 3 is 2.84 bits per heavy atom. The molecule has 1 N–H and O–H groups in total. The number of benzene rings is 2. The molecule has 2 aromatic carbocycles. The molecule has 0 aliphatic carbocycles. The summed E-state index contributed by atoms with van der Waals surface area (Å²) in [6.45, 7) is 4.91. The molecule has 4 rings (SSSR count). The molecule has 0 bridgehead atoms. The molecule has 1 aliphatic rings. The van der Waals surface area contributed by atoms with E-state index < -0.39 is 0 Å². The fourth-order valence-corrected chi connectivity index (χ4v) is 4.16. The first kappa shape index (κ1) is 21.5.